The summed E-state index contributed by atoms with van der Waals surface area (Å²) in [6.45, 7) is 0. The van der Waals surface area contributed by atoms with E-state index in [0.29, 0.717) is 11.7 Å². The van der Waals surface area contributed by atoms with Gasteiger partial charge in [0.2, 0.25) is 5.89 Å². The van der Waals surface area contributed by atoms with Crippen molar-refractivity contribution in [1.82, 2.24) is 15.0 Å². The van der Waals surface area contributed by atoms with Gasteiger partial charge in [0.1, 0.15) is 16.9 Å². The summed E-state index contributed by atoms with van der Waals surface area (Å²) in [6, 6.07) is 98.6. The Kier molecular flexibility index (Phi) is 9.66. The second-order valence-electron chi connectivity index (χ2n) is 23.6. The van der Waals surface area contributed by atoms with E-state index in [4.69, 9.17) is 23.8 Å². The Bertz CT molecular complexity index is 5900. The molecule has 0 radical (unpaired) electrons. The summed E-state index contributed by atoms with van der Waals surface area (Å²) in [5.41, 5.74) is 22.4. The summed E-state index contributed by atoms with van der Waals surface area (Å²) in [6.07, 6.45) is 0. The molecule has 88 heavy (non-hydrogen) atoms. The van der Waals surface area contributed by atoms with E-state index >= 15 is 0 Å². The van der Waals surface area contributed by atoms with E-state index in [1.165, 1.54) is 82.2 Å². The predicted octanol–water partition coefficient (Wildman–Crippen LogP) is 22.7. The molecule has 0 saturated carbocycles. The number of rotatable bonds is 6. The minimum Gasteiger partial charge on any atom is -0.455 e. The smallest absolute Gasteiger partial charge is 0.227 e. The summed E-state index contributed by atoms with van der Waals surface area (Å²) in [5, 5.41) is 16.1. The lowest BCUT2D eigenvalue weighted by molar-refractivity contribution is 0.623. The third-order valence-electron chi connectivity index (χ3n) is 19.0. The van der Waals surface area contributed by atoms with Crippen molar-refractivity contribution in [2.75, 3.05) is 0 Å². The SMILES string of the molecule is c1ccc2c(c1)-c1cccc3c(-c4cc(-c5ccc6c7c(cccc57)-c5ccccc5-6)c5nc(-c6ccc(-c7nc8c9ccccc9c9ccccc9c8o7)cc6)nc(-c6ccc(-c7cc8c9ccccc9c9ccccc9c8o7)cc6)c5c4)ccc-2c13. The van der Waals surface area contributed by atoms with Crippen molar-refractivity contribution in [3.05, 3.63) is 273 Å². The Morgan fingerprint density at radius 2 is 0.659 bits per heavy atom. The van der Waals surface area contributed by atoms with Crippen LogP contribution in [0, 0.1) is 0 Å². The monoisotopic (exact) mass is 1120 g/mol. The van der Waals surface area contributed by atoms with Crippen molar-refractivity contribution in [1.29, 1.82) is 0 Å². The number of benzene rings is 15. The van der Waals surface area contributed by atoms with Gasteiger partial charge >= 0.3 is 0 Å². The van der Waals surface area contributed by atoms with E-state index in [9.17, 15) is 0 Å². The Labute approximate surface area is 503 Å². The van der Waals surface area contributed by atoms with Crippen LogP contribution in [0.25, 0.3) is 210 Å². The van der Waals surface area contributed by atoms with Crippen molar-refractivity contribution in [3.8, 4) is 112 Å². The highest BCUT2D eigenvalue weighted by Crippen LogP contribution is 2.53. The Morgan fingerprint density at radius 3 is 1.28 bits per heavy atom. The van der Waals surface area contributed by atoms with Gasteiger partial charge in [0.25, 0.3) is 0 Å². The van der Waals surface area contributed by atoms with E-state index in [2.05, 4.69) is 273 Å². The van der Waals surface area contributed by atoms with E-state index < -0.39 is 0 Å². The average molecular weight is 1120 g/mol. The molecule has 0 atom stereocenters. The highest BCUT2D eigenvalue weighted by Gasteiger charge is 2.28. The van der Waals surface area contributed by atoms with Crippen LogP contribution in [0.1, 0.15) is 0 Å². The largest absolute Gasteiger partial charge is 0.455 e. The molecule has 0 unspecified atom stereocenters. The molecule has 18 aromatic rings. The van der Waals surface area contributed by atoms with Crippen molar-refractivity contribution >= 4 is 97.6 Å². The minimum absolute atomic E-state index is 0.560. The first-order valence-corrected chi connectivity index (χ1v) is 30.1. The number of fused-ring (bicyclic) bond motifs is 19. The predicted molar refractivity (Wildman–Crippen MR) is 363 cm³/mol. The normalized spacial score (nSPS) is 12.3. The van der Waals surface area contributed by atoms with Crippen LogP contribution in [0.3, 0.4) is 0 Å². The van der Waals surface area contributed by atoms with Gasteiger partial charge in [0.15, 0.2) is 11.4 Å². The van der Waals surface area contributed by atoms with Crippen molar-refractivity contribution < 1.29 is 8.83 Å². The topological polar surface area (TPSA) is 65.0 Å². The fourth-order valence-electron chi connectivity index (χ4n) is 15.1. The molecule has 20 rings (SSSR count). The van der Waals surface area contributed by atoms with E-state index in [1.54, 1.807) is 0 Å². The van der Waals surface area contributed by atoms with Gasteiger partial charge in [-0.05, 0) is 140 Å². The number of hydrogen-bond donors (Lipinski definition) is 0. The van der Waals surface area contributed by atoms with Crippen LogP contribution in [0.15, 0.2) is 282 Å². The van der Waals surface area contributed by atoms with Crippen LogP contribution in [0.5, 0.6) is 0 Å². The molecule has 15 aromatic carbocycles. The lowest BCUT2D eigenvalue weighted by atomic mass is 9.88. The van der Waals surface area contributed by atoms with Crippen molar-refractivity contribution in [3.63, 3.8) is 0 Å². The molecule has 3 heterocycles. The van der Waals surface area contributed by atoms with Gasteiger partial charge in [-0.15, -0.1) is 0 Å². The van der Waals surface area contributed by atoms with E-state index in [0.717, 1.165) is 116 Å². The summed E-state index contributed by atoms with van der Waals surface area (Å²) in [4.78, 5) is 16.7. The molecule has 5 heteroatoms. The Morgan fingerprint density at radius 1 is 0.216 bits per heavy atom. The van der Waals surface area contributed by atoms with E-state index in [1.807, 2.05) is 0 Å². The summed E-state index contributed by atoms with van der Waals surface area (Å²) < 4.78 is 13.7. The number of furan rings is 1. The van der Waals surface area contributed by atoms with Crippen LogP contribution in [0.2, 0.25) is 0 Å². The second-order valence-corrected chi connectivity index (χ2v) is 23.6. The van der Waals surface area contributed by atoms with Gasteiger partial charge < -0.3 is 8.83 Å². The zero-order chi connectivity index (χ0) is 57.3. The minimum atomic E-state index is 0.560. The highest BCUT2D eigenvalue weighted by molar-refractivity contribution is 6.26. The molecule has 2 aliphatic carbocycles. The van der Waals surface area contributed by atoms with Gasteiger partial charge in [-0.1, -0.05) is 243 Å². The lowest BCUT2D eigenvalue weighted by Gasteiger charge is -2.18. The first-order valence-electron chi connectivity index (χ1n) is 30.1. The standard InChI is InChI=1S/C83H45N3O2/c1-6-23-60-52(15-1)58-21-8-11-25-69(58)80-72(60)45-74(87-80)46-31-33-47(34-32-46)77-73-44-50(51-39-41-66-55-18-4-2-16-53(55)63-28-13-27-62(51)75(63)66)43-71(61-40-42-67-56-19-5-3-17-54(56)64-29-14-30-65(61)76(64)67)78(73)85-82(84-77)48-35-37-49(38-36-48)83-86-79-68-24-10-7-20-57(68)59-22-9-12-26-70(59)81(79)88-83/h1-45H. The summed E-state index contributed by atoms with van der Waals surface area (Å²) in [7, 11) is 0. The number of hydrogen-bond acceptors (Lipinski definition) is 5. The zero-order valence-electron chi connectivity index (χ0n) is 47.1. The first kappa shape index (κ1) is 47.6. The second kappa shape index (κ2) is 17.9. The molecule has 0 saturated heterocycles. The number of aromatic nitrogens is 3. The maximum atomic E-state index is 6.91. The molecule has 0 aliphatic heterocycles. The maximum absolute atomic E-state index is 6.91. The van der Waals surface area contributed by atoms with Crippen LogP contribution >= 0.6 is 0 Å². The molecule has 2 aliphatic rings. The fraction of sp³-hybridized carbons (Fsp3) is 0. The highest BCUT2D eigenvalue weighted by atomic mass is 16.3. The molecule has 0 spiro atoms. The fourth-order valence-corrected chi connectivity index (χ4v) is 15.1. The third-order valence-corrected chi connectivity index (χ3v) is 19.0. The number of nitrogens with zero attached hydrogens (tertiary/aromatic N) is 3. The van der Waals surface area contributed by atoms with Crippen LogP contribution in [-0.2, 0) is 0 Å². The van der Waals surface area contributed by atoms with Gasteiger partial charge in [0, 0.05) is 54.7 Å². The van der Waals surface area contributed by atoms with Crippen molar-refractivity contribution in [2.45, 2.75) is 0 Å². The molecule has 0 N–H and O–H groups in total. The lowest BCUT2D eigenvalue weighted by Crippen LogP contribution is -1.98. The molecule has 0 fully saturated rings. The molecular weight excluding hydrogens is 1070 g/mol. The molecule has 0 bridgehead atoms. The van der Waals surface area contributed by atoms with E-state index in [-0.39, 0.29) is 0 Å². The Hall–Kier alpha value is -11.8. The average Bonchev–Trinajstić information content (AvgIpc) is 1.69. The van der Waals surface area contributed by atoms with Crippen LogP contribution in [0.4, 0.5) is 0 Å². The zero-order valence-corrected chi connectivity index (χ0v) is 47.1. The van der Waals surface area contributed by atoms with Gasteiger partial charge in [-0.2, -0.15) is 0 Å². The van der Waals surface area contributed by atoms with Gasteiger partial charge in [-0.3, -0.25) is 0 Å². The Balaban J connectivity index is 0.820. The molecular formula is C83H45N3O2. The summed E-state index contributed by atoms with van der Waals surface area (Å²) >= 11 is 0. The quantitative estimate of drug-likeness (QED) is 0.155. The number of oxazole rings is 1. The van der Waals surface area contributed by atoms with Crippen LogP contribution < -0.4 is 0 Å². The molecule has 0 amide bonds. The van der Waals surface area contributed by atoms with Gasteiger partial charge in [0.05, 0.1) is 11.2 Å². The first-order chi connectivity index (χ1) is 43.6. The molecule has 5 nitrogen and oxygen atoms in total. The van der Waals surface area contributed by atoms with Crippen LogP contribution in [-0.4, -0.2) is 15.0 Å². The van der Waals surface area contributed by atoms with Gasteiger partial charge in [-0.25, -0.2) is 15.0 Å². The maximum Gasteiger partial charge on any atom is 0.227 e. The molecule has 404 valence electrons. The summed E-state index contributed by atoms with van der Waals surface area (Å²) in [5.74, 6) is 1.98. The third kappa shape index (κ3) is 6.67. The van der Waals surface area contributed by atoms with Crippen molar-refractivity contribution in [2.24, 2.45) is 0 Å². The molecule has 3 aromatic heterocycles.